The van der Waals surface area contributed by atoms with E-state index in [4.69, 9.17) is 4.74 Å². The minimum atomic E-state index is -0.759. The van der Waals surface area contributed by atoms with Crippen LogP contribution in [-0.4, -0.2) is 13.1 Å². The second-order valence-electron chi connectivity index (χ2n) is 4.17. The van der Waals surface area contributed by atoms with E-state index in [2.05, 4.69) is 21.2 Å². The highest BCUT2D eigenvalue weighted by atomic mass is 79.9. The number of hydrogen-bond donors (Lipinski definition) is 1. The monoisotopic (exact) mass is 337 g/mol. The van der Waals surface area contributed by atoms with Crippen LogP contribution in [0.1, 0.15) is 11.6 Å². The second kappa shape index (κ2) is 6.52. The van der Waals surface area contributed by atoms with Crippen molar-refractivity contribution in [2.45, 2.75) is 6.04 Å². The van der Waals surface area contributed by atoms with Gasteiger partial charge in [0.2, 0.25) is 0 Å². The van der Waals surface area contributed by atoms with E-state index in [9.17, 15) is 9.18 Å². The number of carbonyl (C=O) groups excluding carboxylic acids is 1. The highest BCUT2D eigenvalue weighted by Gasteiger charge is 2.21. The number of benzene rings is 2. The van der Waals surface area contributed by atoms with E-state index in [0.717, 1.165) is 10.2 Å². The number of ether oxygens (including phenoxy) is 1. The molecule has 0 heterocycles. The summed E-state index contributed by atoms with van der Waals surface area (Å²) in [5.74, 6) is -0.872. The summed E-state index contributed by atoms with van der Waals surface area (Å²) >= 11 is 3.36. The Kier molecular flexibility index (Phi) is 4.74. The molecule has 0 aromatic heterocycles. The van der Waals surface area contributed by atoms with Gasteiger partial charge in [-0.3, -0.25) is 0 Å². The third-order valence-corrected chi connectivity index (χ3v) is 3.25. The Bertz CT molecular complexity index is 618. The third-order valence-electron chi connectivity index (χ3n) is 2.75. The molecule has 0 saturated carbocycles. The number of carbonyl (C=O) groups is 1. The first-order chi connectivity index (χ1) is 9.60. The van der Waals surface area contributed by atoms with Gasteiger partial charge in [-0.05, 0) is 35.9 Å². The van der Waals surface area contributed by atoms with E-state index in [1.165, 1.54) is 19.2 Å². The maximum atomic E-state index is 13.3. The van der Waals surface area contributed by atoms with Gasteiger partial charge in [0.1, 0.15) is 5.82 Å². The molecule has 0 aliphatic carbocycles. The molecule has 0 radical (unpaired) electrons. The Labute approximate surface area is 124 Å². The highest BCUT2D eigenvalue weighted by Crippen LogP contribution is 2.23. The molecule has 5 heteroatoms. The zero-order valence-electron chi connectivity index (χ0n) is 10.8. The molecule has 1 atom stereocenters. The van der Waals surface area contributed by atoms with Crippen molar-refractivity contribution in [3.63, 3.8) is 0 Å². The SMILES string of the molecule is COC(=O)C(Nc1cccc(Br)c1)c1cccc(F)c1. The van der Waals surface area contributed by atoms with Gasteiger partial charge in [0.15, 0.2) is 6.04 Å². The molecule has 0 aliphatic rings. The predicted molar refractivity (Wildman–Crippen MR) is 78.9 cm³/mol. The van der Waals surface area contributed by atoms with Gasteiger partial charge in [0.25, 0.3) is 0 Å². The second-order valence-corrected chi connectivity index (χ2v) is 5.08. The summed E-state index contributed by atoms with van der Waals surface area (Å²) in [7, 11) is 1.30. The van der Waals surface area contributed by atoms with Crippen LogP contribution in [0.2, 0.25) is 0 Å². The van der Waals surface area contributed by atoms with Gasteiger partial charge in [-0.15, -0.1) is 0 Å². The zero-order valence-corrected chi connectivity index (χ0v) is 12.4. The minimum absolute atomic E-state index is 0.396. The maximum absolute atomic E-state index is 13.3. The van der Waals surface area contributed by atoms with E-state index in [-0.39, 0.29) is 0 Å². The molecule has 2 aromatic rings. The molecule has 104 valence electrons. The van der Waals surface area contributed by atoms with Gasteiger partial charge in [0.05, 0.1) is 7.11 Å². The molecule has 0 bridgehead atoms. The van der Waals surface area contributed by atoms with Crippen molar-refractivity contribution in [3.05, 3.63) is 64.4 Å². The standard InChI is InChI=1S/C15H13BrFNO2/c1-20-15(19)14(10-4-2-6-12(17)8-10)18-13-7-3-5-11(16)9-13/h2-9,14,18H,1H3. The molecule has 1 unspecified atom stereocenters. The lowest BCUT2D eigenvalue weighted by molar-refractivity contribution is -0.141. The molecule has 1 N–H and O–H groups in total. The number of rotatable bonds is 4. The van der Waals surface area contributed by atoms with Crippen molar-refractivity contribution in [1.29, 1.82) is 0 Å². The van der Waals surface area contributed by atoms with Crippen LogP contribution in [0.5, 0.6) is 0 Å². The molecular formula is C15H13BrFNO2. The quantitative estimate of drug-likeness (QED) is 0.859. The normalized spacial score (nSPS) is 11.8. The van der Waals surface area contributed by atoms with Crippen LogP contribution < -0.4 is 5.32 Å². The first kappa shape index (κ1) is 14.5. The van der Waals surface area contributed by atoms with Crippen LogP contribution >= 0.6 is 15.9 Å². The molecule has 2 aromatic carbocycles. The lowest BCUT2D eigenvalue weighted by atomic mass is 10.1. The number of esters is 1. The van der Waals surface area contributed by atoms with E-state index >= 15 is 0 Å². The Morgan fingerprint density at radius 1 is 1.25 bits per heavy atom. The number of nitrogens with one attached hydrogen (secondary N) is 1. The summed E-state index contributed by atoms with van der Waals surface area (Å²) in [5.41, 5.74) is 1.25. The summed E-state index contributed by atoms with van der Waals surface area (Å²) in [5, 5.41) is 3.04. The highest BCUT2D eigenvalue weighted by molar-refractivity contribution is 9.10. The van der Waals surface area contributed by atoms with Crippen LogP contribution in [0.4, 0.5) is 10.1 Å². The molecule has 0 fully saturated rings. The van der Waals surface area contributed by atoms with Gasteiger partial charge in [-0.1, -0.05) is 34.1 Å². The Morgan fingerprint density at radius 2 is 2.00 bits per heavy atom. The van der Waals surface area contributed by atoms with Crippen molar-refractivity contribution in [3.8, 4) is 0 Å². The molecule has 3 nitrogen and oxygen atoms in total. The lowest BCUT2D eigenvalue weighted by Crippen LogP contribution is -2.22. The molecule has 0 aliphatic heterocycles. The Hall–Kier alpha value is -1.88. The average molecular weight is 338 g/mol. The fraction of sp³-hybridized carbons (Fsp3) is 0.133. The van der Waals surface area contributed by atoms with Gasteiger partial charge >= 0.3 is 5.97 Å². The largest absolute Gasteiger partial charge is 0.467 e. The maximum Gasteiger partial charge on any atom is 0.332 e. The fourth-order valence-corrected chi connectivity index (χ4v) is 2.23. The fourth-order valence-electron chi connectivity index (χ4n) is 1.83. The number of hydrogen-bond acceptors (Lipinski definition) is 3. The van der Waals surface area contributed by atoms with E-state index in [1.807, 2.05) is 24.3 Å². The topological polar surface area (TPSA) is 38.3 Å². The third kappa shape index (κ3) is 3.57. The van der Waals surface area contributed by atoms with Crippen molar-refractivity contribution in [2.24, 2.45) is 0 Å². The Balaban J connectivity index is 2.31. The van der Waals surface area contributed by atoms with Crippen LogP contribution in [0.15, 0.2) is 53.0 Å². The van der Waals surface area contributed by atoms with Crippen LogP contribution in [0, 0.1) is 5.82 Å². The van der Waals surface area contributed by atoms with Crippen molar-refractivity contribution >= 4 is 27.6 Å². The van der Waals surface area contributed by atoms with Crippen molar-refractivity contribution < 1.29 is 13.9 Å². The number of methoxy groups -OCH3 is 1. The predicted octanol–water partition coefficient (Wildman–Crippen LogP) is 3.91. The van der Waals surface area contributed by atoms with Crippen LogP contribution in [-0.2, 0) is 9.53 Å². The first-order valence-corrected chi connectivity index (χ1v) is 6.75. The minimum Gasteiger partial charge on any atom is -0.467 e. The van der Waals surface area contributed by atoms with Crippen LogP contribution in [0.25, 0.3) is 0 Å². The smallest absolute Gasteiger partial charge is 0.332 e. The number of anilines is 1. The van der Waals surface area contributed by atoms with Crippen molar-refractivity contribution in [1.82, 2.24) is 0 Å². The molecule has 0 spiro atoms. The summed E-state index contributed by atoms with van der Waals surface area (Å²) in [6, 6.07) is 12.5. The van der Waals surface area contributed by atoms with E-state index in [1.54, 1.807) is 12.1 Å². The Morgan fingerprint density at radius 3 is 2.65 bits per heavy atom. The average Bonchev–Trinajstić information content (AvgIpc) is 2.44. The first-order valence-electron chi connectivity index (χ1n) is 5.95. The molecule has 0 amide bonds. The van der Waals surface area contributed by atoms with Gasteiger partial charge in [-0.2, -0.15) is 0 Å². The molecule has 20 heavy (non-hydrogen) atoms. The molecule has 0 saturated heterocycles. The van der Waals surface area contributed by atoms with E-state index in [0.29, 0.717) is 5.56 Å². The van der Waals surface area contributed by atoms with E-state index < -0.39 is 17.8 Å². The van der Waals surface area contributed by atoms with Crippen LogP contribution in [0.3, 0.4) is 0 Å². The van der Waals surface area contributed by atoms with Gasteiger partial charge < -0.3 is 10.1 Å². The molecular weight excluding hydrogens is 325 g/mol. The summed E-state index contributed by atoms with van der Waals surface area (Å²) < 4.78 is 19.0. The van der Waals surface area contributed by atoms with Gasteiger partial charge in [-0.25, -0.2) is 9.18 Å². The number of halogens is 2. The lowest BCUT2D eigenvalue weighted by Gasteiger charge is -2.18. The van der Waals surface area contributed by atoms with Gasteiger partial charge in [0, 0.05) is 10.2 Å². The van der Waals surface area contributed by atoms with Crippen molar-refractivity contribution in [2.75, 3.05) is 12.4 Å². The zero-order chi connectivity index (χ0) is 14.5. The summed E-state index contributed by atoms with van der Waals surface area (Å²) in [6.45, 7) is 0. The summed E-state index contributed by atoms with van der Waals surface area (Å²) in [4.78, 5) is 11.9. The molecule has 2 rings (SSSR count). The summed E-state index contributed by atoms with van der Waals surface area (Å²) in [6.07, 6.45) is 0.